The van der Waals surface area contributed by atoms with Gasteiger partial charge in [0.2, 0.25) is 0 Å². The van der Waals surface area contributed by atoms with E-state index in [1.54, 1.807) is 23.3 Å². The summed E-state index contributed by atoms with van der Waals surface area (Å²) in [5.41, 5.74) is 1.92. The molecule has 3 aromatic rings. The molecule has 1 aromatic carbocycles. The Kier molecular flexibility index (Phi) is 2.46. The molecule has 0 radical (unpaired) electrons. The fourth-order valence-corrected chi connectivity index (χ4v) is 1.88. The van der Waals surface area contributed by atoms with Crippen LogP contribution in [0.1, 0.15) is 0 Å². The molecule has 2 heterocycles. The first-order valence-electron chi connectivity index (χ1n) is 5.18. The molecule has 0 fully saturated rings. The number of furan rings is 1. The highest BCUT2D eigenvalue weighted by Gasteiger charge is 2.09. The highest BCUT2D eigenvalue weighted by molar-refractivity contribution is 6.30. The van der Waals surface area contributed by atoms with Crippen LogP contribution in [-0.2, 0) is 0 Å². The van der Waals surface area contributed by atoms with E-state index in [4.69, 9.17) is 16.0 Å². The van der Waals surface area contributed by atoms with E-state index in [0.717, 1.165) is 17.0 Å². The van der Waals surface area contributed by atoms with Gasteiger partial charge in [0.15, 0.2) is 0 Å². The topological polar surface area (TPSA) is 31.0 Å². The molecule has 0 saturated heterocycles. The molecule has 3 rings (SSSR count). The minimum Gasteiger partial charge on any atom is -0.464 e. The molecular formula is C13H9ClN2O. The van der Waals surface area contributed by atoms with Crippen LogP contribution in [0, 0.1) is 0 Å². The third-order valence-corrected chi connectivity index (χ3v) is 2.68. The molecule has 0 atom stereocenters. The fraction of sp³-hybridized carbons (Fsp3) is 0. The van der Waals surface area contributed by atoms with E-state index in [9.17, 15) is 0 Å². The first-order valence-corrected chi connectivity index (χ1v) is 5.56. The van der Waals surface area contributed by atoms with Crippen LogP contribution in [0.5, 0.6) is 0 Å². The molecule has 0 bridgehead atoms. The number of aromatic nitrogens is 2. The smallest absolute Gasteiger partial charge is 0.136 e. The summed E-state index contributed by atoms with van der Waals surface area (Å²) in [5, 5.41) is 4.81. The second kappa shape index (κ2) is 4.11. The molecule has 84 valence electrons. The Balaban J connectivity index is 2.17. The molecule has 0 amide bonds. The quantitative estimate of drug-likeness (QED) is 0.687. The van der Waals surface area contributed by atoms with E-state index >= 15 is 0 Å². The van der Waals surface area contributed by atoms with Gasteiger partial charge in [-0.2, -0.15) is 5.10 Å². The molecule has 0 N–H and O–H groups in total. The Morgan fingerprint density at radius 2 is 2.00 bits per heavy atom. The first-order chi connectivity index (χ1) is 8.34. The zero-order valence-corrected chi connectivity index (χ0v) is 9.63. The van der Waals surface area contributed by atoms with E-state index in [1.165, 1.54) is 0 Å². The third-order valence-electron chi connectivity index (χ3n) is 2.49. The number of halogens is 1. The Morgan fingerprint density at radius 1 is 1.12 bits per heavy atom. The van der Waals surface area contributed by atoms with Gasteiger partial charge in [-0.3, -0.25) is 0 Å². The van der Waals surface area contributed by atoms with Crippen LogP contribution in [0.25, 0.3) is 17.0 Å². The van der Waals surface area contributed by atoms with Gasteiger partial charge in [-0.05, 0) is 24.3 Å². The second-order valence-electron chi connectivity index (χ2n) is 3.60. The molecule has 0 saturated carbocycles. The van der Waals surface area contributed by atoms with Crippen LogP contribution >= 0.6 is 11.6 Å². The predicted octanol–water partition coefficient (Wildman–Crippen LogP) is 3.79. The molecule has 4 heteroatoms. The second-order valence-corrected chi connectivity index (χ2v) is 4.03. The van der Waals surface area contributed by atoms with Crippen molar-refractivity contribution in [2.45, 2.75) is 0 Å². The lowest BCUT2D eigenvalue weighted by atomic mass is 10.1. The van der Waals surface area contributed by atoms with E-state index in [1.807, 2.05) is 36.4 Å². The SMILES string of the molecule is Clc1cnn(-c2ccccc2-c2ccco2)c1. The normalized spacial score (nSPS) is 10.6. The number of rotatable bonds is 2. The van der Waals surface area contributed by atoms with Crippen molar-refractivity contribution in [3.05, 3.63) is 60.1 Å². The largest absolute Gasteiger partial charge is 0.464 e. The molecule has 0 aliphatic rings. The molecule has 3 nitrogen and oxygen atoms in total. The van der Waals surface area contributed by atoms with Crippen molar-refractivity contribution in [2.75, 3.05) is 0 Å². The molecule has 0 unspecified atom stereocenters. The lowest BCUT2D eigenvalue weighted by Crippen LogP contribution is -1.96. The van der Waals surface area contributed by atoms with Crippen molar-refractivity contribution in [3.8, 4) is 17.0 Å². The summed E-state index contributed by atoms with van der Waals surface area (Å²) in [4.78, 5) is 0. The molecule has 17 heavy (non-hydrogen) atoms. The third kappa shape index (κ3) is 1.85. The van der Waals surface area contributed by atoms with Crippen LogP contribution < -0.4 is 0 Å². The number of hydrogen-bond acceptors (Lipinski definition) is 2. The molecule has 2 aromatic heterocycles. The van der Waals surface area contributed by atoms with Gasteiger partial charge in [0.1, 0.15) is 5.76 Å². The van der Waals surface area contributed by atoms with Gasteiger partial charge in [0.05, 0.1) is 23.2 Å². The Hall–Kier alpha value is -2.00. The van der Waals surface area contributed by atoms with E-state index in [2.05, 4.69) is 5.10 Å². The summed E-state index contributed by atoms with van der Waals surface area (Å²) in [5.74, 6) is 0.812. The average molecular weight is 245 g/mol. The van der Waals surface area contributed by atoms with Crippen molar-refractivity contribution in [1.82, 2.24) is 9.78 Å². The summed E-state index contributed by atoms with van der Waals surface area (Å²) >= 11 is 5.88. The van der Waals surface area contributed by atoms with Crippen molar-refractivity contribution in [1.29, 1.82) is 0 Å². The van der Waals surface area contributed by atoms with Gasteiger partial charge in [0, 0.05) is 11.8 Å². The van der Waals surface area contributed by atoms with Crippen LogP contribution in [0.2, 0.25) is 5.02 Å². The Morgan fingerprint density at radius 3 is 2.71 bits per heavy atom. The van der Waals surface area contributed by atoms with Gasteiger partial charge in [-0.1, -0.05) is 23.7 Å². The van der Waals surface area contributed by atoms with Crippen molar-refractivity contribution < 1.29 is 4.42 Å². The van der Waals surface area contributed by atoms with E-state index < -0.39 is 0 Å². The van der Waals surface area contributed by atoms with E-state index in [-0.39, 0.29) is 0 Å². The Bertz CT molecular complexity index is 628. The number of benzene rings is 1. The minimum absolute atomic E-state index is 0.610. The van der Waals surface area contributed by atoms with Crippen molar-refractivity contribution in [3.63, 3.8) is 0 Å². The maximum absolute atomic E-state index is 5.88. The van der Waals surface area contributed by atoms with Crippen molar-refractivity contribution in [2.24, 2.45) is 0 Å². The first kappa shape index (κ1) is 10.2. The molecule has 0 aliphatic carbocycles. The van der Waals surface area contributed by atoms with Crippen LogP contribution in [0.15, 0.2) is 59.5 Å². The minimum atomic E-state index is 0.610. The maximum Gasteiger partial charge on any atom is 0.136 e. The fourth-order valence-electron chi connectivity index (χ4n) is 1.75. The van der Waals surface area contributed by atoms with Crippen LogP contribution in [0.3, 0.4) is 0 Å². The lowest BCUT2D eigenvalue weighted by Gasteiger charge is -2.06. The summed E-state index contributed by atoms with van der Waals surface area (Å²) in [6.07, 6.45) is 5.03. The van der Waals surface area contributed by atoms with Gasteiger partial charge in [-0.25, -0.2) is 4.68 Å². The highest BCUT2D eigenvalue weighted by Crippen LogP contribution is 2.27. The number of nitrogens with zero attached hydrogens (tertiary/aromatic N) is 2. The number of hydrogen-bond donors (Lipinski definition) is 0. The summed E-state index contributed by atoms with van der Waals surface area (Å²) in [6.45, 7) is 0. The molecular weight excluding hydrogens is 236 g/mol. The zero-order valence-electron chi connectivity index (χ0n) is 8.88. The zero-order chi connectivity index (χ0) is 11.7. The van der Waals surface area contributed by atoms with Crippen LogP contribution in [0.4, 0.5) is 0 Å². The summed E-state index contributed by atoms with van der Waals surface area (Å²) in [6, 6.07) is 11.7. The van der Waals surface area contributed by atoms with Crippen LogP contribution in [-0.4, -0.2) is 9.78 Å². The van der Waals surface area contributed by atoms with Gasteiger partial charge >= 0.3 is 0 Å². The van der Waals surface area contributed by atoms with Gasteiger partial charge in [0.25, 0.3) is 0 Å². The predicted molar refractivity (Wildman–Crippen MR) is 66.3 cm³/mol. The van der Waals surface area contributed by atoms with E-state index in [0.29, 0.717) is 5.02 Å². The van der Waals surface area contributed by atoms with Gasteiger partial charge in [-0.15, -0.1) is 0 Å². The maximum atomic E-state index is 5.88. The lowest BCUT2D eigenvalue weighted by molar-refractivity contribution is 0.581. The standard InChI is InChI=1S/C13H9ClN2O/c14-10-8-15-16(9-10)12-5-2-1-4-11(12)13-6-3-7-17-13/h1-9H. The highest BCUT2D eigenvalue weighted by atomic mass is 35.5. The molecule has 0 aliphatic heterocycles. The molecule has 0 spiro atoms. The average Bonchev–Trinajstić information content (AvgIpc) is 3.00. The van der Waals surface area contributed by atoms with Gasteiger partial charge < -0.3 is 4.42 Å². The Labute approximate surface area is 103 Å². The number of para-hydroxylation sites is 1. The monoisotopic (exact) mass is 244 g/mol. The summed E-state index contributed by atoms with van der Waals surface area (Å²) < 4.78 is 7.15. The summed E-state index contributed by atoms with van der Waals surface area (Å²) in [7, 11) is 0. The van der Waals surface area contributed by atoms with Crippen molar-refractivity contribution >= 4 is 11.6 Å².